The van der Waals surface area contributed by atoms with Crippen LogP contribution in [0.1, 0.15) is 5.56 Å². The number of carbonyl (C=O) groups is 1. The zero-order chi connectivity index (χ0) is 18.4. The Morgan fingerprint density at radius 3 is 2.16 bits per heavy atom. The van der Waals surface area contributed by atoms with E-state index < -0.39 is 5.91 Å². The molecule has 2 aromatic carbocycles. The number of nitrogens with one attached hydrogen (secondary N) is 1. The van der Waals surface area contributed by atoms with Crippen molar-refractivity contribution >= 4 is 40.9 Å². The molecule has 0 atom stereocenters. The summed E-state index contributed by atoms with van der Waals surface area (Å²) in [5, 5.41) is 12.4. The fourth-order valence-corrected chi connectivity index (χ4v) is 2.52. The van der Waals surface area contributed by atoms with Gasteiger partial charge in [0, 0.05) is 6.07 Å². The van der Waals surface area contributed by atoms with E-state index in [9.17, 15) is 10.1 Å². The van der Waals surface area contributed by atoms with Gasteiger partial charge >= 0.3 is 0 Å². The molecule has 0 aromatic heterocycles. The van der Waals surface area contributed by atoms with Gasteiger partial charge in [0.1, 0.15) is 23.1 Å². The zero-order valence-corrected chi connectivity index (χ0v) is 15.0. The van der Waals surface area contributed by atoms with Crippen molar-refractivity contribution in [2.75, 3.05) is 19.5 Å². The van der Waals surface area contributed by atoms with E-state index in [4.69, 9.17) is 32.7 Å². The highest BCUT2D eigenvalue weighted by Gasteiger charge is 2.14. The lowest BCUT2D eigenvalue weighted by atomic mass is 10.1. The quantitative estimate of drug-likeness (QED) is 0.613. The number of anilines is 1. The first-order valence-corrected chi connectivity index (χ1v) is 7.84. The van der Waals surface area contributed by atoms with Crippen LogP contribution in [0.4, 0.5) is 5.69 Å². The van der Waals surface area contributed by atoms with Gasteiger partial charge in [-0.2, -0.15) is 5.26 Å². The molecule has 128 valence electrons. The summed E-state index contributed by atoms with van der Waals surface area (Å²) in [7, 11) is 3.03. The molecule has 0 aliphatic carbocycles. The lowest BCUT2D eigenvalue weighted by Crippen LogP contribution is -2.14. The molecule has 0 radical (unpaired) electrons. The van der Waals surface area contributed by atoms with Crippen molar-refractivity contribution in [1.82, 2.24) is 0 Å². The minimum absolute atomic E-state index is 0.119. The molecule has 1 amide bonds. The number of hydrogen-bond donors (Lipinski definition) is 1. The lowest BCUT2D eigenvalue weighted by Gasteiger charge is -2.09. The van der Waals surface area contributed by atoms with E-state index in [0.717, 1.165) is 0 Å². The molecule has 5 nitrogen and oxygen atoms in total. The minimum atomic E-state index is -0.626. The van der Waals surface area contributed by atoms with Crippen LogP contribution in [0.5, 0.6) is 11.5 Å². The Kier molecular flexibility index (Phi) is 6.29. The molecular formula is C18H14Cl2N2O3. The number of benzene rings is 2. The van der Waals surface area contributed by atoms with Crippen molar-refractivity contribution in [2.45, 2.75) is 0 Å². The number of para-hydroxylation sites is 1. The summed E-state index contributed by atoms with van der Waals surface area (Å²) in [5.41, 5.74) is 0.708. The second-order valence-electron chi connectivity index (χ2n) is 4.87. The standard InChI is InChI=1S/C18H14Cl2N2O3/c1-24-13-7-11(8-14(9-13)25-2)6-12(10-21)18(23)22-17-15(19)4-3-5-16(17)20/h3-9H,1-2H3,(H,22,23)/b12-6+. The van der Waals surface area contributed by atoms with Gasteiger partial charge in [-0.05, 0) is 35.9 Å². The number of nitriles is 1. The number of ether oxygens (including phenoxy) is 2. The van der Waals surface area contributed by atoms with Crippen LogP contribution in [0.25, 0.3) is 6.08 Å². The highest BCUT2D eigenvalue weighted by Crippen LogP contribution is 2.30. The molecule has 2 rings (SSSR count). The third-order valence-electron chi connectivity index (χ3n) is 3.25. The summed E-state index contributed by atoms with van der Waals surface area (Å²) in [6.07, 6.45) is 1.42. The number of amides is 1. The van der Waals surface area contributed by atoms with Crippen molar-refractivity contribution in [3.63, 3.8) is 0 Å². The first-order valence-electron chi connectivity index (χ1n) is 7.08. The highest BCUT2D eigenvalue weighted by molar-refractivity contribution is 6.40. The molecule has 0 unspecified atom stereocenters. The molecule has 0 aliphatic heterocycles. The van der Waals surface area contributed by atoms with E-state index in [-0.39, 0.29) is 21.3 Å². The van der Waals surface area contributed by atoms with Crippen LogP contribution in [0.2, 0.25) is 10.0 Å². The SMILES string of the molecule is COc1cc(/C=C(\C#N)C(=O)Nc2c(Cl)cccc2Cl)cc(OC)c1. The second-order valence-corrected chi connectivity index (χ2v) is 5.68. The molecule has 0 spiro atoms. The van der Waals surface area contributed by atoms with E-state index in [1.165, 1.54) is 20.3 Å². The fourth-order valence-electron chi connectivity index (χ4n) is 2.03. The lowest BCUT2D eigenvalue weighted by molar-refractivity contribution is -0.112. The Hall–Kier alpha value is -2.68. The third-order valence-corrected chi connectivity index (χ3v) is 3.88. The largest absolute Gasteiger partial charge is 0.497 e. The maximum absolute atomic E-state index is 12.4. The predicted octanol–water partition coefficient (Wildman–Crippen LogP) is 4.56. The van der Waals surface area contributed by atoms with Crippen molar-refractivity contribution in [3.05, 3.63) is 57.6 Å². The van der Waals surface area contributed by atoms with Crippen LogP contribution >= 0.6 is 23.2 Å². The van der Waals surface area contributed by atoms with Crippen molar-refractivity contribution in [3.8, 4) is 17.6 Å². The number of carbonyl (C=O) groups excluding carboxylic acids is 1. The molecule has 0 bridgehead atoms. The summed E-state index contributed by atoms with van der Waals surface area (Å²) in [4.78, 5) is 12.4. The minimum Gasteiger partial charge on any atom is -0.497 e. The van der Waals surface area contributed by atoms with E-state index in [0.29, 0.717) is 17.1 Å². The summed E-state index contributed by atoms with van der Waals surface area (Å²) < 4.78 is 10.3. The Balaban J connectivity index is 2.34. The maximum atomic E-state index is 12.4. The summed E-state index contributed by atoms with van der Waals surface area (Å²) in [6, 6.07) is 11.7. The van der Waals surface area contributed by atoms with Gasteiger partial charge in [-0.15, -0.1) is 0 Å². The summed E-state index contributed by atoms with van der Waals surface area (Å²) >= 11 is 12.1. The van der Waals surface area contributed by atoms with Gasteiger partial charge in [-0.25, -0.2) is 0 Å². The average Bonchev–Trinajstić information content (AvgIpc) is 2.62. The number of nitrogens with zero attached hydrogens (tertiary/aromatic N) is 1. The van der Waals surface area contributed by atoms with Gasteiger partial charge in [0.25, 0.3) is 5.91 Å². The van der Waals surface area contributed by atoms with Gasteiger partial charge in [0.2, 0.25) is 0 Å². The van der Waals surface area contributed by atoms with E-state index in [1.54, 1.807) is 36.4 Å². The van der Waals surface area contributed by atoms with E-state index in [2.05, 4.69) is 5.32 Å². The number of methoxy groups -OCH3 is 2. The normalized spacial score (nSPS) is 10.8. The van der Waals surface area contributed by atoms with E-state index in [1.807, 2.05) is 6.07 Å². The van der Waals surface area contributed by atoms with Crippen LogP contribution < -0.4 is 14.8 Å². The molecule has 7 heteroatoms. The van der Waals surface area contributed by atoms with Gasteiger partial charge in [-0.1, -0.05) is 29.3 Å². The molecule has 0 saturated heterocycles. The second kappa shape index (κ2) is 8.43. The highest BCUT2D eigenvalue weighted by atomic mass is 35.5. The molecule has 0 heterocycles. The molecule has 0 aliphatic rings. The van der Waals surface area contributed by atoms with Gasteiger partial charge in [0.05, 0.1) is 30.0 Å². The van der Waals surface area contributed by atoms with Crippen LogP contribution in [-0.2, 0) is 4.79 Å². The van der Waals surface area contributed by atoms with Gasteiger partial charge in [-0.3, -0.25) is 4.79 Å². The molecule has 0 saturated carbocycles. The Labute approximate surface area is 155 Å². The van der Waals surface area contributed by atoms with Crippen LogP contribution in [0.15, 0.2) is 42.0 Å². The smallest absolute Gasteiger partial charge is 0.266 e. The Morgan fingerprint density at radius 1 is 1.12 bits per heavy atom. The first-order chi connectivity index (χ1) is 12.0. The monoisotopic (exact) mass is 376 g/mol. The van der Waals surface area contributed by atoms with Crippen LogP contribution in [0.3, 0.4) is 0 Å². The Bertz CT molecular complexity index is 831. The van der Waals surface area contributed by atoms with Crippen molar-refractivity contribution in [1.29, 1.82) is 5.26 Å². The number of halogens is 2. The van der Waals surface area contributed by atoms with Crippen LogP contribution in [0, 0.1) is 11.3 Å². The maximum Gasteiger partial charge on any atom is 0.266 e. The average molecular weight is 377 g/mol. The van der Waals surface area contributed by atoms with Crippen molar-refractivity contribution in [2.24, 2.45) is 0 Å². The first kappa shape index (κ1) is 18.7. The topological polar surface area (TPSA) is 71.3 Å². The molecule has 2 aromatic rings. The molecular weight excluding hydrogens is 363 g/mol. The van der Waals surface area contributed by atoms with E-state index >= 15 is 0 Å². The Morgan fingerprint density at radius 2 is 1.68 bits per heavy atom. The molecule has 0 fully saturated rings. The third kappa shape index (κ3) is 4.66. The summed E-state index contributed by atoms with van der Waals surface area (Å²) in [5.74, 6) is 0.453. The fraction of sp³-hybridized carbons (Fsp3) is 0.111. The molecule has 1 N–H and O–H groups in total. The number of hydrogen-bond acceptors (Lipinski definition) is 4. The predicted molar refractivity (Wildman–Crippen MR) is 98.2 cm³/mol. The number of rotatable bonds is 5. The van der Waals surface area contributed by atoms with Crippen molar-refractivity contribution < 1.29 is 14.3 Å². The van der Waals surface area contributed by atoms with Gasteiger partial charge in [0.15, 0.2) is 0 Å². The summed E-state index contributed by atoms with van der Waals surface area (Å²) in [6.45, 7) is 0. The molecule has 25 heavy (non-hydrogen) atoms. The van der Waals surface area contributed by atoms with Gasteiger partial charge < -0.3 is 14.8 Å². The zero-order valence-electron chi connectivity index (χ0n) is 13.5. The van der Waals surface area contributed by atoms with Crippen LogP contribution in [-0.4, -0.2) is 20.1 Å².